The molecule has 0 aliphatic carbocycles. The summed E-state index contributed by atoms with van der Waals surface area (Å²) >= 11 is 0. The number of nitrogens with zero attached hydrogens (tertiary/aromatic N) is 2. The summed E-state index contributed by atoms with van der Waals surface area (Å²) in [5, 5.41) is 38.3. The van der Waals surface area contributed by atoms with Crippen LogP contribution in [0.25, 0.3) is 0 Å². The van der Waals surface area contributed by atoms with Crippen LogP contribution in [0.5, 0.6) is 0 Å². The number of hydrogen-bond donors (Lipinski definition) is 6. The van der Waals surface area contributed by atoms with Gasteiger partial charge in [0.25, 0.3) is 0 Å². The minimum Gasteiger partial charge on any atom is -0.394 e. The first kappa shape index (κ1) is 14.5. The van der Waals surface area contributed by atoms with Crippen LogP contribution in [0.4, 0.5) is 0 Å². The van der Waals surface area contributed by atoms with Crippen molar-refractivity contribution >= 4 is 11.8 Å². The summed E-state index contributed by atoms with van der Waals surface area (Å²) in [6.07, 6.45) is -1.10. The van der Waals surface area contributed by atoms with E-state index in [1.54, 1.807) is 0 Å². The quantitative estimate of drug-likeness (QED) is 0.245. The van der Waals surface area contributed by atoms with Crippen LogP contribution < -0.4 is 11.1 Å². The van der Waals surface area contributed by atoms with Crippen LogP contribution >= 0.6 is 0 Å². The lowest BCUT2D eigenvalue weighted by Crippen LogP contribution is -2.43. The molecule has 2 heterocycles. The molecule has 2 aliphatic heterocycles. The molecule has 0 saturated carbocycles. The number of guanidine groups is 1. The van der Waals surface area contributed by atoms with Gasteiger partial charge in [-0.1, -0.05) is 6.58 Å². The van der Waals surface area contributed by atoms with Gasteiger partial charge in [0, 0.05) is 6.20 Å². The molecule has 1 unspecified atom stereocenters. The average molecular weight is 283 g/mol. The first-order valence-corrected chi connectivity index (χ1v) is 5.91. The Morgan fingerprint density at radius 3 is 2.75 bits per heavy atom. The number of ether oxygens (including phenoxy) is 1. The Bertz CT molecular complexity index is 477. The zero-order valence-electron chi connectivity index (χ0n) is 10.6. The second kappa shape index (κ2) is 5.59. The second-order valence-corrected chi connectivity index (χ2v) is 4.40. The summed E-state index contributed by atoms with van der Waals surface area (Å²) in [4.78, 5) is 5.48. The van der Waals surface area contributed by atoms with Gasteiger partial charge in [-0.15, -0.1) is 0 Å². The average Bonchev–Trinajstić information content (AvgIpc) is 2.66. The summed E-state index contributed by atoms with van der Waals surface area (Å²) in [5.41, 5.74) is 5.19. The van der Waals surface area contributed by atoms with Gasteiger partial charge in [0.15, 0.2) is 12.2 Å². The molecule has 0 aromatic carbocycles. The molecule has 9 nitrogen and oxygen atoms in total. The summed E-state index contributed by atoms with van der Waals surface area (Å²) in [5.74, 6) is 0.305. The zero-order valence-corrected chi connectivity index (χ0v) is 10.6. The van der Waals surface area contributed by atoms with Crippen molar-refractivity contribution in [1.29, 1.82) is 5.41 Å². The van der Waals surface area contributed by atoms with Gasteiger partial charge in [0.05, 0.1) is 6.61 Å². The zero-order chi connectivity index (χ0) is 14.9. The smallest absolute Gasteiger partial charge is 0.191 e. The van der Waals surface area contributed by atoms with E-state index >= 15 is 0 Å². The molecule has 0 bridgehead atoms. The molecule has 9 heteroatoms. The van der Waals surface area contributed by atoms with Crippen molar-refractivity contribution < 1.29 is 20.1 Å². The van der Waals surface area contributed by atoms with Crippen LogP contribution in [0.2, 0.25) is 0 Å². The number of nitrogens with two attached hydrogens (primary N) is 1. The molecule has 7 N–H and O–H groups in total. The third kappa shape index (κ3) is 2.65. The molecular formula is C11H17N5O4. The molecule has 0 spiro atoms. The third-order valence-electron chi connectivity index (χ3n) is 2.99. The van der Waals surface area contributed by atoms with Crippen molar-refractivity contribution in [2.24, 2.45) is 10.7 Å². The fourth-order valence-electron chi connectivity index (χ4n) is 2.02. The van der Waals surface area contributed by atoms with Crippen LogP contribution in [0, 0.1) is 5.41 Å². The van der Waals surface area contributed by atoms with E-state index in [1.807, 2.05) is 0 Å². The molecule has 110 valence electrons. The topological polar surface area (TPSA) is 147 Å². The summed E-state index contributed by atoms with van der Waals surface area (Å²) in [6, 6.07) is 0. The van der Waals surface area contributed by atoms with E-state index in [0.29, 0.717) is 5.84 Å². The van der Waals surface area contributed by atoms with Gasteiger partial charge in [-0.2, -0.15) is 0 Å². The highest BCUT2D eigenvalue weighted by Crippen LogP contribution is 2.27. The van der Waals surface area contributed by atoms with E-state index in [4.69, 9.17) is 21.0 Å². The van der Waals surface area contributed by atoms with Gasteiger partial charge < -0.3 is 36.0 Å². The SMILES string of the molecule is C=C1N=C(NC(=N)N)C=CN1[C@@H]1O[C@H](CO)C(O)[C@@H]1O. The standard InChI is InChI=1S/C11H17N5O4/c1-5-14-7(15-11(12)13)2-3-16(5)10-9(19)8(18)6(4-17)20-10/h2-3,6,8-10,17-19H,1,4H2,(H4,12,13,14,15)/t6-,8?,9+,10-/m1/s1. The van der Waals surface area contributed by atoms with E-state index in [1.165, 1.54) is 17.2 Å². The minimum atomic E-state index is -1.20. The molecule has 0 aromatic heterocycles. The van der Waals surface area contributed by atoms with Gasteiger partial charge in [-0.05, 0) is 6.08 Å². The summed E-state index contributed by atoms with van der Waals surface area (Å²) in [7, 11) is 0. The molecule has 20 heavy (non-hydrogen) atoms. The molecule has 0 radical (unpaired) electrons. The van der Waals surface area contributed by atoms with E-state index in [2.05, 4.69) is 16.9 Å². The molecule has 0 amide bonds. The molecule has 2 rings (SSSR count). The fourth-order valence-corrected chi connectivity index (χ4v) is 2.02. The maximum Gasteiger partial charge on any atom is 0.191 e. The third-order valence-corrected chi connectivity index (χ3v) is 2.99. The van der Waals surface area contributed by atoms with Crippen LogP contribution in [-0.4, -0.2) is 63.2 Å². The van der Waals surface area contributed by atoms with Gasteiger partial charge in [-0.3, -0.25) is 5.41 Å². The van der Waals surface area contributed by atoms with Gasteiger partial charge in [0.2, 0.25) is 0 Å². The van der Waals surface area contributed by atoms with Crippen molar-refractivity contribution in [3.63, 3.8) is 0 Å². The van der Waals surface area contributed by atoms with Crippen molar-refractivity contribution in [1.82, 2.24) is 10.2 Å². The Labute approximate surface area is 115 Å². The van der Waals surface area contributed by atoms with Gasteiger partial charge >= 0.3 is 0 Å². The van der Waals surface area contributed by atoms with Crippen LogP contribution in [-0.2, 0) is 4.74 Å². The van der Waals surface area contributed by atoms with Crippen LogP contribution in [0.3, 0.4) is 0 Å². The number of nitrogens with one attached hydrogen (secondary N) is 2. The summed E-state index contributed by atoms with van der Waals surface area (Å²) < 4.78 is 5.37. The normalized spacial score (nSPS) is 33.2. The molecule has 0 aromatic rings. The largest absolute Gasteiger partial charge is 0.394 e. The number of aliphatic hydroxyl groups is 3. The number of amidine groups is 1. The maximum atomic E-state index is 9.92. The van der Waals surface area contributed by atoms with Crippen molar-refractivity contribution in [3.8, 4) is 0 Å². The van der Waals surface area contributed by atoms with Gasteiger partial charge in [-0.25, -0.2) is 4.99 Å². The van der Waals surface area contributed by atoms with Crippen molar-refractivity contribution in [3.05, 3.63) is 24.7 Å². The maximum absolute atomic E-state index is 9.92. The van der Waals surface area contributed by atoms with Crippen molar-refractivity contribution in [2.45, 2.75) is 24.5 Å². The Balaban J connectivity index is 2.09. The molecular weight excluding hydrogens is 266 g/mol. The first-order valence-electron chi connectivity index (χ1n) is 5.91. The monoisotopic (exact) mass is 283 g/mol. The van der Waals surface area contributed by atoms with Gasteiger partial charge in [0.1, 0.15) is 30.0 Å². The highest BCUT2D eigenvalue weighted by Gasteiger charge is 2.45. The number of aliphatic imine (C=N–C) groups is 1. The Hall–Kier alpha value is -1.94. The number of aliphatic hydroxyl groups excluding tert-OH is 3. The van der Waals surface area contributed by atoms with Crippen molar-refractivity contribution in [2.75, 3.05) is 6.61 Å². The van der Waals surface area contributed by atoms with Crippen LogP contribution in [0.1, 0.15) is 0 Å². The molecule has 1 fully saturated rings. The van der Waals surface area contributed by atoms with Crippen LogP contribution in [0.15, 0.2) is 29.7 Å². The van der Waals surface area contributed by atoms with E-state index in [0.717, 1.165) is 0 Å². The predicted octanol–water partition coefficient (Wildman–Crippen LogP) is -2.39. The molecule has 1 saturated heterocycles. The predicted molar refractivity (Wildman–Crippen MR) is 70.4 cm³/mol. The number of rotatable bonds is 2. The summed E-state index contributed by atoms with van der Waals surface area (Å²) in [6.45, 7) is 3.31. The lowest BCUT2D eigenvalue weighted by atomic mass is 10.1. The van der Waals surface area contributed by atoms with E-state index in [-0.39, 0.29) is 11.8 Å². The highest BCUT2D eigenvalue weighted by molar-refractivity contribution is 6.04. The van der Waals surface area contributed by atoms with E-state index in [9.17, 15) is 10.2 Å². The Morgan fingerprint density at radius 1 is 1.55 bits per heavy atom. The highest BCUT2D eigenvalue weighted by atomic mass is 16.6. The fraction of sp³-hybridized carbons (Fsp3) is 0.455. The lowest BCUT2D eigenvalue weighted by Gasteiger charge is -2.30. The Kier molecular flexibility index (Phi) is 4.04. The van der Waals surface area contributed by atoms with E-state index < -0.39 is 31.1 Å². The second-order valence-electron chi connectivity index (χ2n) is 4.40. The molecule has 4 atom stereocenters. The first-order chi connectivity index (χ1) is 9.43. The lowest BCUT2D eigenvalue weighted by molar-refractivity contribution is -0.0692. The minimum absolute atomic E-state index is 0.242. The Morgan fingerprint density at radius 2 is 2.25 bits per heavy atom. The molecule has 2 aliphatic rings. The number of hydrogen-bond acceptors (Lipinski definition) is 7.